The maximum Gasteiger partial charge on any atom is -0.0351 e. The lowest BCUT2D eigenvalue weighted by Gasteiger charge is -1.72. The van der Waals surface area contributed by atoms with Crippen molar-refractivity contribution in [1.82, 2.24) is 0 Å². The Bertz CT molecular complexity index is 29.3. The van der Waals surface area contributed by atoms with E-state index in [4.69, 9.17) is 0 Å². The zero-order valence-electron chi connectivity index (χ0n) is 3.98. The van der Waals surface area contributed by atoms with E-state index in [2.05, 4.69) is 13.8 Å². The molecule has 2 radical (unpaired) electrons. The monoisotopic (exact) mass is 82.1 g/mol. The molecule has 0 heterocycles. The third kappa shape index (κ3) is 3.74. The molecule has 0 nitrogen and oxygen atoms in total. The zero-order chi connectivity index (χ0) is 4.83. The maximum absolute atomic E-state index is 3.61. The molecule has 0 amide bonds. The molecule has 0 N–H and O–H groups in total. The summed E-state index contributed by atoms with van der Waals surface area (Å²) < 4.78 is 0. The fourth-order valence-corrected chi connectivity index (χ4v) is 0.236. The van der Waals surface area contributed by atoms with E-state index in [0.717, 1.165) is 12.8 Å². The van der Waals surface area contributed by atoms with Gasteiger partial charge in [-0.3, -0.25) is 0 Å². The summed E-state index contributed by atoms with van der Waals surface area (Å²) in [5, 5.41) is 0. The highest BCUT2D eigenvalue weighted by Crippen LogP contribution is 1.80. The molecule has 0 saturated carbocycles. The van der Waals surface area contributed by atoms with Gasteiger partial charge in [0.25, 0.3) is 0 Å². The summed E-state index contributed by atoms with van der Waals surface area (Å²) in [6.45, 7) is 7.22. The van der Waals surface area contributed by atoms with Gasteiger partial charge in [0.15, 0.2) is 0 Å². The second kappa shape index (κ2) is 4.74. The van der Waals surface area contributed by atoms with Crippen molar-refractivity contribution in [3.8, 4) is 0 Å². The van der Waals surface area contributed by atoms with Crippen molar-refractivity contribution in [2.24, 2.45) is 0 Å². The predicted octanol–water partition coefficient (Wildman–Crippen LogP) is 1.99. The largest absolute Gasteiger partial charge is 0.0885 e. The third-order valence-electron chi connectivity index (χ3n) is 0.500. The Morgan fingerprint density at radius 3 is 1.50 bits per heavy atom. The fourth-order valence-electron chi connectivity index (χ4n) is 0.236. The van der Waals surface area contributed by atoms with E-state index in [0.29, 0.717) is 0 Å². The van der Waals surface area contributed by atoms with E-state index in [1.54, 1.807) is 0 Å². The molecule has 0 atom stereocenters. The van der Waals surface area contributed by atoms with Gasteiger partial charge in [-0.25, -0.2) is 0 Å². The van der Waals surface area contributed by atoms with E-state index in [1.165, 1.54) is 0 Å². The van der Waals surface area contributed by atoms with Crippen LogP contribution in [0.15, 0.2) is 12.2 Å². The van der Waals surface area contributed by atoms with Crippen LogP contribution in [0.25, 0.3) is 0 Å². The van der Waals surface area contributed by atoms with E-state index >= 15 is 0 Å². The van der Waals surface area contributed by atoms with E-state index in [1.807, 2.05) is 12.2 Å². The van der Waals surface area contributed by atoms with Gasteiger partial charge >= 0.3 is 0 Å². The lowest BCUT2D eigenvalue weighted by Crippen LogP contribution is -1.52. The summed E-state index contributed by atoms with van der Waals surface area (Å²) in [6, 6.07) is 0. The van der Waals surface area contributed by atoms with Crippen LogP contribution in [0.2, 0.25) is 0 Å². The van der Waals surface area contributed by atoms with Gasteiger partial charge in [-0.2, -0.15) is 0 Å². The molecule has 0 rings (SSSR count). The molecule has 0 aromatic rings. The van der Waals surface area contributed by atoms with Crippen molar-refractivity contribution in [2.75, 3.05) is 0 Å². The maximum atomic E-state index is 3.61. The lowest BCUT2D eigenvalue weighted by atomic mass is 10.4. The highest BCUT2D eigenvalue weighted by molar-refractivity contribution is 4.82. The first-order chi connectivity index (χ1) is 2.91. The van der Waals surface area contributed by atoms with Crippen molar-refractivity contribution >= 4 is 0 Å². The SMILES string of the molecule is [CH2]C/C=C\C[CH2]. The molecule has 34 valence electrons. The Morgan fingerprint density at radius 1 is 1.00 bits per heavy atom. The quantitative estimate of drug-likeness (QED) is 0.447. The predicted molar refractivity (Wildman–Crippen MR) is 29.1 cm³/mol. The molecule has 0 aliphatic rings. The van der Waals surface area contributed by atoms with Crippen LogP contribution < -0.4 is 0 Å². The van der Waals surface area contributed by atoms with Crippen LogP contribution in [-0.4, -0.2) is 0 Å². The second-order valence-corrected chi connectivity index (χ2v) is 1.05. The number of hydrogen-bond donors (Lipinski definition) is 0. The molecule has 6 heavy (non-hydrogen) atoms. The molecule has 0 unspecified atom stereocenters. The Kier molecular flexibility index (Phi) is 4.53. The third-order valence-corrected chi connectivity index (χ3v) is 0.500. The molecular formula is C6H10. The fraction of sp³-hybridized carbons (Fsp3) is 0.333. The minimum absolute atomic E-state index is 0.884. The van der Waals surface area contributed by atoms with Crippen molar-refractivity contribution in [3.05, 3.63) is 26.0 Å². The molecule has 0 bridgehead atoms. The van der Waals surface area contributed by atoms with Crippen LogP contribution in [0.3, 0.4) is 0 Å². The minimum Gasteiger partial charge on any atom is -0.0885 e. The Morgan fingerprint density at radius 2 is 1.33 bits per heavy atom. The standard InChI is InChI=1S/C6H10/c1-3-5-6-4-2/h5-6H,1-4H2/b6-5-. The molecule has 0 fully saturated rings. The first-order valence-electron chi connectivity index (χ1n) is 2.15. The zero-order valence-corrected chi connectivity index (χ0v) is 3.98. The average molecular weight is 82.1 g/mol. The Hall–Kier alpha value is -0.260. The molecule has 0 saturated heterocycles. The van der Waals surface area contributed by atoms with Crippen molar-refractivity contribution < 1.29 is 0 Å². The smallest absolute Gasteiger partial charge is 0.0351 e. The van der Waals surface area contributed by atoms with Crippen LogP contribution in [-0.2, 0) is 0 Å². The topological polar surface area (TPSA) is 0 Å². The van der Waals surface area contributed by atoms with Crippen LogP contribution in [0.4, 0.5) is 0 Å². The van der Waals surface area contributed by atoms with Gasteiger partial charge in [0, 0.05) is 0 Å². The molecule has 0 spiro atoms. The van der Waals surface area contributed by atoms with Gasteiger partial charge in [0.1, 0.15) is 0 Å². The number of allylic oxidation sites excluding steroid dienone is 2. The summed E-state index contributed by atoms with van der Waals surface area (Å²) >= 11 is 0. The first-order valence-corrected chi connectivity index (χ1v) is 2.15. The minimum atomic E-state index is 0.884. The van der Waals surface area contributed by atoms with Gasteiger partial charge in [0.05, 0.1) is 0 Å². The van der Waals surface area contributed by atoms with Crippen LogP contribution in [0.1, 0.15) is 12.8 Å². The summed E-state index contributed by atoms with van der Waals surface area (Å²) in [7, 11) is 0. The van der Waals surface area contributed by atoms with Gasteiger partial charge in [0.2, 0.25) is 0 Å². The normalized spacial score (nSPS) is 10.3. The second-order valence-electron chi connectivity index (χ2n) is 1.05. The molecular weight excluding hydrogens is 72.1 g/mol. The van der Waals surface area contributed by atoms with Gasteiger partial charge in [-0.1, -0.05) is 12.2 Å². The molecule has 0 heteroatoms. The van der Waals surface area contributed by atoms with Crippen LogP contribution >= 0.6 is 0 Å². The van der Waals surface area contributed by atoms with Gasteiger partial charge in [-0.05, 0) is 26.7 Å². The highest BCUT2D eigenvalue weighted by Gasteiger charge is 1.60. The molecule has 0 aromatic heterocycles. The molecule has 0 aromatic carbocycles. The van der Waals surface area contributed by atoms with Crippen LogP contribution in [0, 0.1) is 13.8 Å². The molecule has 0 aliphatic carbocycles. The summed E-state index contributed by atoms with van der Waals surface area (Å²) in [6.07, 6.45) is 5.78. The van der Waals surface area contributed by atoms with Crippen molar-refractivity contribution in [1.29, 1.82) is 0 Å². The first kappa shape index (κ1) is 5.74. The van der Waals surface area contributed by atoms with Crippen molar-refractivity contribution in [2.45, 2.75) is 12.8 Å². The Labute approximate surface area is 39.9 Å². The Balaban J connectivity index is 2.73. The van der Waals surface area contributed by atoms with E-state index in [-0.39, 0.29) is 0 Å². The summed E-state index contributed by atoms with van der Waals surface area (Å²) in [5.74, 6) is 0. The lowest BCUT2D eigenvalue weighted by molar-refractivity contribution is 1.31. The van der Waals surface area contributed by atoms with E-state index in [9.17, 15) is 0 Å². The van der Waals surface area contributed by atoms with Crippen molar-refractivity contribution in [3.63, 3.8) is 0 Å². The number of hydrogen-bond acceptors (Lipinski definition) is 0. The van der Waals surface area contributed by atoms with Gasteiger partial charge in [-0.15, -0.1) is 0 Å². The summed E-state index contributed by atoms with van der Waals surface area (Å²) in [4.78, 5) is 0. The number of rotatable bonds is 2. The van der Waals surface area contributed by atoms with Crippen LogP contribution in [0.5, 0.6) is 0 Å². The van der Waals surface area contributed by atoms with E-state index < -0.39 is 0 Å². The highest BCUT2D eigenvalue weighted by atomic mass is 13.7. The summed E-state index contributed by atoms with van der Waals surface area (Å²) in [5.41, 5.74) is 0. The van der Waals surface area contributed by atoms with Gasteiger partial charge < -0.3 is 0 Å². The average Bonchev–Trinajstić information content (AvgIpc) is 1.61. The molecule has 0 aliphatic heterocycles.